The molecule has 0 unspecified atom stereocenters. The lowest BCUT2D eigenvalue weighted by molar-refractivity contribution is -0.122. The first-order chi connectivity index (χ1) is 15.5. The van der Waals surface area contributed by atoms with E-state index in [1.807, 2.05) is 59.5 Å². The Bertz CT molecular complexity index is 889. The Hall–Kier alpha value is -2.90. The van der Waals surface area contributed by atoms with Crippen LogP contribution in [-0.4, -0.2) is 73.7 Å². The Balaban J connectivity index is 0.000000913. The number of likely N-dealkylation sites (tertiary alicyclic amines) is 1. The Morgan fingerprint density at radius 2 is 1.66 bits per heavy atom. The molecule has 1 N–H and O–H groups in total. The molecule has 4 atom stereocenters. The average molecular weight is 441 g/mol. The molecular weight excluding hydrogens is 408 g/mol. The van der Waals surface area contributed by atoms with E-state index >= 15 is 0 Å². The summed E-state index contributed by atoms with van der Waals surface area (Å²) < 4.78 is 11.7. The first-order valence-corrected chi connectivity index (χ1v) is 10.9. The fourth-order valence-corrected chi connectivity index (χ4v) is 4.85. The SMILES string of the molecule is CO[C@@H]1C[C@H]2CN(C(=O)c3cccc(Oc4ccccc4)c3)C[C@H]2C[C@H]1N(C)C.O=CO. The number of likely N-dealkylation sites (N-methyl/N-ethyl adjacent to an activating group) is 1. The molecule has 0 radical (unpaired) electrons. The summed E-state index contributed by atoms with van der Waals surface area (Å²) in [5, 5.41) is 6.89. The molecule has 172 valence electrons. The molecule has 2 aliphatic rings. The lowest BCUT2D eigenvalue weighted by Crippen LogP contribution is -2.47. The van der Waals surface area contributed by atoms with Gasteiger partial charge in [-0.15, -0.1) is 0 Å². The van der Waals surface area contributed by atoms with E-state index in [0.717, 1.165) is 31.7 Å². The first kappa shape index (κ1) is 23.8. The first-order valence-electron chi connectivity index (χ1n) is 10.9. The number of amides is 1. The van der Waals surface area contributed by atoms with Gasteiger partial charge in [0.2, 0.25) is 0 Å². The molecular formula is C25H32N2O5. The van der Waals surface area contributed by atoms with Gasteiger partial charge in [0.1, 0.15) is 11.5 Å². The molecule has 32 heavy (non-hydrogen) atoms. The van der Waals surface area contributed by atoms with Crippen LogP contribution >= 0.6 is 0 Å². The van der Waals surface area contributed by atoms with Crippen molar-refractivity contribution in [3.05, 3.63) is 60.2 Å². The minimum atomic E-state index is -0.250. The molecule has 0 bridgehead atoms. The number of methoxy groups -OCH3 is 1. The minimum Gasteiger partial charge on any atom is -0.483 e. The summed E-state index contributed by atoms with van der Waals surface area (Å²) in [5.74, 6) is 2.61. The van der Waals surface area contributed by atoms with Crippen molar-refractivity contribution in [3.63, 3.8) is 0 Å². The number of carbonyl (C=O) groups excluding carboxylic acids is 1. The van der Waals surface area contributed by atoms with Crippen LogP contribution < -0.4 is 4.74 Å². The highest BCUT2D eigenvalue weighted by atomic mass is 16.5. The predicted molar refractivity (Wildman–Crippen MR) is 122 cm³/mol. The summed E-state index contributed by atoms with van der Waals surface area (Å²) in [6.07, 6.45) is 2.34. The van der Waals surface area contributed by atoms with Gasteiger partial charge >= 0.3 is 0 Å². The van der Waals surface area contributed by atoms with E-state index in [1.54, 1.807) is 7.11 Å². The maximum atomic E-state index is 13.2. The van der Waals surface area contributed by atoms with Gasteiger partial charge < -0.3 is 24.4 Å². The number of benzene rings is 2. The maximum Gasteiger partial charge on any atom is 0.290 e. The zero-order chi connectivity index (χ0) is 23.1. The van der Waals surface area contributed by atoms with Crippen molar-refractivity contribution in [2.24, 2.45) is 11.8 Å². The molecule has 1 heterocycles. The molecule has 2 aromatic rings. The fourth-order valence-electron chi connectivity index (χ4n) is 4.85. The standard InChI is InChI=1S/C24H30N2O3.CH2O2/c1-25(2)22-13-18-15-26(16-19(18)14-23(22)28-3)24(27)17-8-7-11-21(12-17)29-20-9-5-4-6-10-20;2-1-3/h4-12,18-19,22-23H,13-16H2,1-3H3;1H,(H,2,3)/t18-,19+,22-,23-;/m1./s1. The minimum absolute atomic E-state index is 0.0910. The number of para-hydroxylation sites is 1. The normalized spacial score (nSPS) is 24.3. The molecule has 1 saturated carbocycles. The van der Waals surface area contributed by atoms with E-state index in [-0.39, 0.29) is 18.5 Å². The highest BCUT2D eigenvalue weighted by Gasteiger charge is 2.44. The number of hydrogen-bond acceptors (Lipinski definition) is 5. The number of carbonyl (C=O) groups is 2. The Morgan fingerprint density at radius 1 is 1.03 bits per heavy atom. The number of carboxylic acid groups (broad SMARTS) is 1. The largest absolute Gasteiger partial charge is 0.483 e. The van der Waals surface area contributed by atoms with Crippen molar-refractivity contribution < 1.29 is 24.2 Å². The second-order valence-corrected chi connectivity index (χ2v) is 8.56. The predicted octanol–water partition coefficient (Wildman–Crippen LogP) is 3.61. The smallest absolute Gasteiger partial charge is 0.290 e. The third kappa shape index (κ3) is 5.66. The maximum absolute atomic E-state index is 13.2. The topological polar surface area (TPSA) is 79.3 Å². The third-order valence-corrected chi connectivity index (χ3v) is 6.40. The van der Waals surface area contributed by atoms with E-state index in [1.165, 1.54) is 0 Å². The molecule has 1 aliphatic heterocycles. The van der Waals surface area contributed by atoms with E-state index < -0.39 is 0 Å². The van der Waals surface area contributed by atoms with Crippen LogP contribution in [0.25, 0.3) is 0 Å². The monoisotopic (exact) mass is 440 g/mol. The lowest BCUT2D eigenvalue weighted by Gasteiger charge is -2.40. The number of fused-ring (bicyclic) bond motifs is 1. The van der Waals surface area contributed by atoms with Crippen LogP contribution in [0.15, 0.2) is 54.6 Å². The van der Waals surface area contributed by atoms with E-state index in [0.29, 0.717) is 29.2 Å². The summed E-state index contributed by atoms with van der Waals surface area (Å²) in [4.78, 5) is 25.8. The zero-order valence-electron chi connectivity index (χ0n) is 18.9. The third-order valence-electron chi connectivity index (χ3n) is 6.40. The van der Waals surface area contributed by atoms with Gasteiger partial charge in [-0.3, -0.25) is 9.59 Å². The van der Waals surface area contributed by atoms with Crippen molar-refractivity contribution in [2.45, 2.75) is 25.0 Å². The van der Waals surface area contributed by atoms with Gasteiger partial charge in [-0.05, 0) is 69.1 Å². The molecule has 1 saturated heterocycles. The molecule has 4 rings (SSSR count). The van der Waals surface area contributed by atoms with Crippen molar-refractivity contribution >= 4 is 12.4 Å². The number of hydrogen-bond donors (Lipinski definition) is 1. The second kappa shape index (κ2) is 11.1. The van der Waals surface area contributed by atoms with Crippen molar-refractivity contribution in [2.75, 3.05) is 34.3 Å². The van der Waals surface area contributed by atoms with Gasteiger partial charge in [-0.1, -0.05) is 24.3 Å². The van der Waals surface area contributed by atoms with Crippen molar-refractivity contribution in [1.29, 1.82) is 0 Å². The van der Waals surface area contributed by atoms with Crippen LogP contribution in [0.3, 0.4) is 0 Å². The average Bonchev–Trinajstić information content (AvgIpc) is 3.22. The molecule has 7 nitrogen and oxygen atoms in total. The van der Waals surface area contributed by atoms with Gasteiger partial charge in [-0.25, -0.2) is 0 Å². The van der Waals surface area contributed by atoms with E-state index in [9.17, 15) is 4.79 Å². The van der Waals surface area contributed by atoms with Crippen LogP contribution in [0.2, 0.25) is 0 Å². The molecule has 7 heteroatoms. The van der Waals surface area contributed by atoms with Crippen molar-refractivity contribution in [3.8, 4) is 11.5 Å². The summed E-state index contributed by atoms with van der Waals surface area (Å²) in [5.41, 5.74) is 0.685. The Kier molecular flexibility index (Phi) is 8.25. The molecule has 0 aromatic heterocycles. The van der Waals surface area contributed by atoms with Crippen LogP contribution in [0.1, 0.15) is 23.2 Å². The molecule has 2 fully saturated rings. The van der Waals surface area contributed by atoms with Crippen molar-refractivity contribution in [1.82, 2.24) is 9.80 Å². The molecule has 1 amide bonds. The van der Waals surface area contributed by atoms with Crippen LogP contribution in [-0.2, 0) is 9.53 Å². The zero-order valence-corrected chi connectivity index (χ0v) is 18.9. The van der Waals surface area contributed by atoms with Gasteiger partial charge in [0, 0.05) is 31.8 Å². The van der Waals surface area contributed by atoms with Gasteiger partial charge in [0.25, 0.3) is 12.4 Å². The highest BCUT2D eigenvalue weighted by Crippen LogP contribution is 2.39. The second-order valence-electron chi connectivity index (χ2n) is 8.56. The van der Waals surface area contributed by atoms with Gasteiger partial charge in [0.15, 0.2) is 0 Å². The quantitative estimate of drug-likeness (QED) is 0.716. The Morgan fingerprint density at radius 3 is 2.28 bits per heavy atom. The molecule has 2 aromatic carbocycles. The van der Waals surface area contributed by atoms with Gasteiger partial charge in [-0.2, -0.15) is 0 Å². The van der Waals surface area contributed by atoms with E-state index in [2.05, 4.69) is 19.0 Å². The number of ether oxygens (including phenoxy) is 2. The number of nitrogens with zero attached hydrogens (tertiary/aromatic N) is 2. The number of rotatable bonds is 5. The summed E-state index contributed by atoms with van der Waals surface area (Å²) in [6, 6.07) is 17.6. The van der Waals surface area contributed by atoms with E-state index in [4.69, 9.17) is 19.4 Å². The molecule has 0 spiro atoms. The lowest BCUT2D eigenvalue weighted by atomic mass is 9.77. The fraction of sp³-hybridized carbons (Fsp3) is 0.440. The summed E-state index contributed by atoms with van der Waals surface area (Å²) in [7, 11) is 6.04. The van der Waals surface area contributed by atoms with Crippen LogP contribution in [0.5, 0.6) is 11.5 Å². The Labute approximate surface area is 189 Å². The summed E-state index contributed by atoms with van der Waals surface area (Å²) >= 11 is 0. The summed E-state index contributed by atoms with van der Waals surface area (Å²) in [6.45, 7) is 1.39. The highest BCUT2D eigenvalue weighted by molar-refractivity contribution is 5.94. The van der Waals surface area contributed by atoms with Crippen LogP contribution in [0, 0.1) is 11.8 Å². The molecule has 1 aliphatic carbocycles. The van der Waals surface area contributed by atoms with Gasteiger partial charge in [0.05, 0.1) is 6.10 Å². The van der Waals surface area contributed by atoms with Crippen LogP contribution in [0.4, 0.5) is 0 Å².